The minimum absolute atomic E-state index is 0.0221. The Morgan fingerprint density at radius 3 is 2.48 bits per heavy atom. The van der Waals surface area contributed by atoms with Gasteiger partial charge in [-0.3, -0.25) is 10.4 Å². The van der Waals surface area contributed by atoms with Gasteiger partial charge < -0.3 is 15.7 Å². The van der Waals surface area contributed by atoms with E-state index in [1.165, 1.54) is 0 Å². The summed E-state index contributed by atoms with van der Waals surface area (Å²) in [5, 5.41) is 7.60. The number of benzene rings is 2. The van der Waals surface area contributed by atoms with E-state index in [1.807, 2.05) is 48.5 Å². The van der Waals surface area contributed by atoms with E-state index in [0.29, 0.717) is 17.1 Å². The number of imidazole rings is 2. The van der Waals surface area contributed by atoms with E-state index in [0.717, 1.165) is 33.5 Å². The molecule has 7 heteroatoms. The second kappa shape index (κ2) is 5.77. The van der Waals surface area contributed by atoms with Gasteiger partial charge in [0.05, 0.1) is 22.1 Å². The van der Waals surface area contributed by atoms with E-state index in [1.54, 1.807) is 12.3 Å². The molecule has 2 aromatic carbocycles. The number of nitrogen functional groups attached to an aromatic ring is 1. The molecule has 0 saturated carbocycles. The molecule has 5 aromatic rings. The summed E-state index contributed by atoms with van der Waals surface area (Å²) in [6.45, 7) is 0. The van der Waals surface area contributed by atoms with Crippen LogP contribution < -0.4 is 5.73 Å². The topological polar surface area (TPSA) is 120 Å². The lowest BCUT2D eigenvalue weighted by molar-refractivity contribution is 1.22. The van der Waals surface area contributed by atoms with E-state index < -0.39 is 0 Å². The molecule has 0 fully saturated rings. The molecule has 3 heterocycles. The molecule has 0 unspecified atom stereocenters. The Kier molecular flexibility index (Phi) is 3.26. The van der Waals surface area contributed by atoms with Gasteiger partial charge in [-0.1, -0.05) is 12.1 Å². The number of rotatable bonds is 3. The fraction of sp³-hybridized carbons (Fsp3) is 0. The maximum absolute atomic E-state index is 7.60. The average Bonchev–Trinajstić information content (AvgIpc) is 3.31. The number of hydrogen-bond donors (Lipinski definition) is 4. The smallest absolute Gasteiger partial charge is 0.157 e. The lowest BCUT2D eigenvalue weighted by Gasteiger charge is -2.03. The van der Waals surface area contributed by atoms with Crippen molar-refractivity contribution in [1.82, 2.24) is 24.9 Å². The van der Waals surface area contributed by atoms with Crippen LogP contribution in [-0.2, 0) is 0 Å². The Hall–Kier alpha value is -4.00. The molecule has 0 amide bonds. The molecule has 5 rings (SSSR count). The number of amidine groups is 1. The van der Waals surface area contributed by atoms with Crippen molar-refractivity contribution in [1.29, 1.82) is 5.41 Å². The predicted octanol–water partition coefficient (Wildman–Crippen LogP) is 3.45. The average molecular weight is 353 g/mol. The third-order valence-corrected chi connectivity index (χ3v) is 4.47. The summed E-state index contributed by atoms with van der Waals surface area (Å²) < 4.78 is 0. The number of pyridine rings is 1. The normalized spacial score (nSPS) is 11.3. The summed E-state index contributed by atoms with van der Waals surface area (Å²) in [5.41, 5.74) is 11.3. The first-order valence-corrected chi connectivity index (χ1v) is 8.44. The Balaban J connectivity index is 1.67. The van der Waals surface area contributed by atoms with Gasteiger partial charge in [0, 0.05) is 17.3 Å². The van der Waals surface area contributed by atoms with Crippen molar-refractivity contribution in [2.75, 3.05) is 0 Å². The number of aromatic nitrogens is 5. The monoisotopic (exact) mass is 353 g/mol. The van der Waals surface area contributed by atoms with Crippen LogP contribution in [0.2, 0.25) is 0 Å². The zero-order chi connectivity index (χ0) is 18.4. The highest BCUT2D eigenvalue weighted by Gasteiger charge is 2.15. The zero-order valence-corrected chi connectivity index (χ0v) is 14.2. The number of fused-ring (bicyclic) bond motifs is 2. The highest BCUT2D eigenvalue weighted by Crippen LogP contribution is 2.29. The van der Waals surface area contributed by atoms with Gasteiger partial charge in [0.2, 0.25) is 0 Å². The Morgan fingerprint density at radius 1 is 0.852 bits per heavy atom. The van der Waals surface area contributed by atoms with E-state index in [2.05, 4.69) is 24.9 Å². The summed E-state index contributed by atoms with van der Waals surface area (Å²) in [6, 6.07) is 17.2. The van der Waals surface area contributed by atoms with Crippen LogP contribution in [0.1, 0.15) is 5.56 Å². The van der Waals surface area contributed by atoms with Gasteiger partial charge in [0.15, 0.2) is 5.82 Å². The molecule has 0 radical (unpaired) electrons. The van der Waals surface area contributed by atoms with E-state index in [9.17, 15) is 0 Å². The van der Waals surface area contributed by atoms with Crippen molar-refractivity contribution >= 4 is 27.9 Å². The number of nitrogens with one attached hydrogen (secondary N) is 3. The highest BCUT2D eigenvalue weighted by atomic mass is 15.0. The molecule has 0 aliphatic heterocycles. The van der Waals surface area contributed by atoms with Crippen LogP contribution in [-0.4, -0.2) is 30.8 Å². The van der Waals surface area contributed by atoms with Crippen molar-refractivity contribution in [3.8, 4) is 22.9 Å². The highest BCUT2D eigenvalue weighted by molar-refractivity contribution is 5.98. The van der Waals surface area contributed by atoms with Gasteiger partial charge in [-0.05, 0) is 42.5 Å². The maximum atomic E-state index is 7.60. The molecule has 130 valence electrons. The van der Waals surface area contributed by atoms with Crippen molar-refractivity contribution in [2.45, 2.75) is 0 Å². The minimum atomic E-state index is 0.0221. The number of H-pyrrole nitrogens is 2. The third-order valence-electron chi connectivity index (χ3n) is 4.47. The number of hydrogen-bond acceptors (Lipinski definition) is 4. The number of nitrogens with zero attached hydrogens (tertiary/aromatic N) is 3. The molecule has 0 aliphatic carbocycles. The molecule has 0 bridgehead atoms. The molecule has 0 aliphatic rings. The van der Waals surface area contributed by atoms with Crippen LogP contribution >= 0.6 is 0 Å². The SMILES string of the molecule is N=C(N)c1ccc2nc(-c3ncccc3-c3nc4ccccc4[nH]3)[nH]c2c1. The van der Waals surface area contributed by atoms with Crippen LogP contribution in [0.5, 0.6) is 0 Å². The molecule has 5 N–H and O–H groups in total. The molecule has 0 spiro atoms. The third kappa shape index (κ3) is 2.53. The van der Waals surface area contributed by atoms with Crippen LogP contribution in [0, 0.1) is 5.41 Å². The lowest BCUT2D eigenvalue weighted by Crippen LogP contribution is -2.10. The van der Waals surface area contributed by atoms with Gasteiger partial charge in [-0.15, -0.1) is 0 Å². The summed E-state index contributed by atoms with van der Waals surface area (Å²) in [4.78, 5) is 20.5. The van der Waals surface area contributed by atoms with Gasteiger partial charge >= 0.3 is 0 Å². The quantitative estimate of drug-likeness (QED) is 0.293. The van der Waals surface area contributed by atoms with Gasteiger partial charge in [0.25, 0.3) is 0 Å². The fourth-order valence-corrected chi connectivity index (χ4v) is 3.15. The summed E-state index contributed by atoms with van der Waals surface area (Å²) in [5.74, 6) is 1.40. The Bertz CT molecular complexity index is 1280. The maximum Gasteiger partial charge on any atom is 0.157 e. The summed E-state index contributed by atoms with van der Waals surface area (Å²) >= 11 is 0. The summed E-state index contributed by atoms with van der Waals surface area (Å²) in [7, 11) is 0. The van der Waals surface area contributed by atoms with Gasteiger partial charge in [-0.2, -0.15) is 0 Å². The van der Waals surface area contributed by atoms with Gasteiger partial charge in [-0.25, -0.2) is 9.97 Å². The molecule has 7 nitrogen and oxygen atoms in total. The van der Waals surface area contributed by atoms with E-state index in [-0.39, 0.29) is 5.84 Å². The van der Waals surface area contributed by atoms with Crippen LogP contribution in [0.25, 0.3) is 45.0 Å². The first-order chi connectivity index (χ1) is 13.2. The van der Waals surface area contributed by atoms with Crippen molar-refractivity contribution in [3.63, 3.8) is 0 Å². The molecule has 0 atom stereocenters. The number of nitrogens with two attached hydrogens (primary N) is 1. The lowest BCUT2D eigenvalue weighted by atomic mass is 10.2. The molecular formula is C20H15N7. The predicted molar refractivity (Wildman–Crippen MR) is 105 cm³/mol. The van der Waals surface area contributed by atoms with E-state index in [4.69, 9.17) is 11.1 Å². The minimum Gasteiger partial charge on any atom is -0.384 e. The first-order valence-electron chi connectivity index (χ1n) is 8.44. The number of aromatic amines is 2. The number of para-hydroxylation sites is 2. The van der Waals surface area contributed by atoms with Crippen LogP contribution in [0.15, 0.2) is 60.8 Å². The second-order valence-corrected chi connectivity index (χ2v) is 6.23. The standard InChI is InChI=1S/C20H15N7/c21-18(22)11-7-8-15-16(10-11)27-20(26-15)17-12(4-3-9-23-17)19-24-13-5-1-2-6-14(13)25-19/h1-10H,(H3,21,22)(H,24,25)(H,26,27). The van der Waals surface area contributed by atoms with Crippen LogP contribution in [0.4, 0.5) is 0 Å². The van der Waals surface area contributed by atoms with Crippen molar-refractivity contribution in [3.05, 3.63) is 66.4 Å². The Morgan fingerprint density at radius 2 is 1.63 bits per heavy atom. The second-order valence-electron chi connectivity index (χ2n) is 6.23. The van der Waals surface area contributed by atoms with E-state index >= 15 is 0 Å². The molecule has 0 saturated heterocycles. The molecule has 3 aromatic heterocycles. The van der Waals surface area contributed by atoms with Gasteiger partial charge in [0.1, 0.15) is 17.4 Å². The van der Waals surface area contributed by atoms with Crippen LogP contribution in [0.3, 0.4) is 0 Å². The largest absolute Gasteiger partial charge is 0.384 e. The molecular weight excluding hydrogens is 338 g/mol. The molecule has 27 heavy (non-hydrogen) atoms. The summed E-state index contributed by atoms with van der Waals surface area (Å²) in [6.07, 6.45) is 1.73. The fourth-order valence-electron chi connectivity index (χ4n) is 3.15. The van der Waals surface area contributed by atoms with Crippen molar-refractivity contribution < 1.29 is 0 Å². The first kappa shape index (κ1) is 15.3. The van der Waals surface area contributed by atoms with Crippen molar-refractivity contribution in [2.24, 2.45) is 5.73 Å². The zero-order valence-electron chi connectivity index (χ0n) is 14.2. The Labute approximate surface area is 153 Å².